The fourth-order valence-corrected chi connectivity index (χ4v) is 3.10. The van der Waals surface area contributed by atoms with Gasteiger partial charge in [-0.3, -0.25) is 14.9 Å². The van der Waals surface area contributed by atoms with E-state index in [9.17, 15) is 4.79 Å². The third-order valence-electron chi connectivity index (χ3n) is 4.44. The van der Waals surface area contributed by atoms with Crippen molar-refractivity contribution in [2.24, 2.45) is 0 Å². The molecule has 0 spiro atoms. The molecule has 0 aliphatic carbocycles. The second-order valence-corrected chi connectivity index (χ2v) is 6.25. The number of nitrogens with two attached hydrogens (primary N) is 2. The Balaban J connectivity index is 0.00000225. The minimum Gasteiger partial charge on any atom is -0.398 e. The van der Waals surface area contributed by atoms with E-state index in [-0.39, 0.29) is 24.0 Å². The fraction of sp³-hybridized carbons (Fsp3) is 0.158. The number of ketones is 1. The number of anilines is 2. The Labute approximate surface area is 166 Å². The summed E-state index contributed by atoms with van der Waals surface area (Å²) < 4.78 is 5.46. The van der Waals surface area contributed by atoms with Crippen molar-refractivity contribution in [2.75, 3.05) is 11.5 Å². The van der Waals surface area contributed by atoms with E-state index >= 15 is 0 Å². The van der Waals surface area contributed by atoms with Crippen molar-refractivity contribution < 1.29 is 9.32 Å². The van der Waals surface area contributed by atoms with Gasteiger partial charge in [0.2, 0.25) is 0 Å². The first-order valence-corrected chi connectivity index (χ1v) is 8.56. The molecular weight excluding hydrogens is 380 g/mol. The number of carbonyl (C=O) groups is 1. The number of hydrogen-bond donors (Lipinski definition) is 3. The van der Waals surface area contributed by atoms with Crippen molar-refractivity contribution >= 4 is 40.7 Å². The summed E-state index contributed by atoms with van der Waals surface area (Å²) in [6.45, 7) is 1.95. The molecule has 0 bridgehead atoms. The Morgan fingerprint density at radius 3 is 2.75 bits per heavy atom. The number of carbonyl (C=O) groups excluding carboxylic acids is 1. The number of rotatable bonds is 5. The molecular formula is C19H19ClN6O2. The highest BCUT2D eigenvalue weighted by molar-refractivity contribution is 6.07. The van der Waals surface area contributed by atoms with Crippen molar-refractivity contribution in [3.8, 4) is 22.4 Å². The van der Waals surface area contributed by atoms with Crippen LogP contribution in [0.25, 0.3) is 33.4 Å². The van der Waals surface area contributed by atoms with Crippen LogP contribution in [0.5, 0.6) is 0 Å². The highest BCUT2D eigenvalue weighted by atomic mass is 35.5. The number of fused-ring (bicyclic) bond motifs is 1. The summed E-state index contributed by atoms with van der Waals surface area (Å²) in [5.41, 5.74) is 16.3. The van der Waals surface area contributed by atoms with E-state index in [0.29, 0.717) is 34.3 Å². The largest absolute Gasteiger partial charge is 0.398 e. The van der Waals surface area contributed by atoms with Crippen LogP contribution in [0.2, 0.25) is 0 Å². The fourth-order valence-electron chi connectivity index (χ4n) is 3.10. The van der Waals surface area contributed by atoms with E-state index in [2.05, 4.69) is 20.3 Å². The zero-order valence-corrected chi connectivity index (χ0v) is 15.9. The van der Waals surface area contributed by atoms with Gasteiger partial charge in [-0.2, -0.15) is 5.10 Å². The minimum atomic E-state index is 0. The van der Waals surface area contributed by atoms with E-state index in [1.54, 1.807) is 30.7 Å². The Morgan fingerprint density at radius 1 is 1.21 bits per heavy atom. The Morgan fingerprint density at radius 2 is 2.04 bits per heavy atom. The third kappa shape index (κ3) is 3.18. The number of nitrogens with zero attached hydrogens (tertiary/aromatic N) is 3. The number of aromatic amines is 1. The summed E-state index contributed by atoms with van der Waals surface area (Å²) in [7, 11) is 0. The number of benzene rings is 1. The highest BCUT2D eigenvalue weighted by Crippen LogP contribution is 2.37. The lowest BCUT2D eigenvalue weighted by molar-refractivity contribution is 0.0982. The maximum Gasteiger partial charge on any atom is 0.180 e. The van der Waals surface area contributed by atoms with E-state index in [0.717, 1.165) is 23.1 Å². The van der Waals surface area contributed by atoms with Crippen molar-refractivity contribution in [1.29, 1.82) is 0 Å². The van der Waals surface area contributed by atoms with Gasteiger partial charge in [-0.1, -0.05) is 18.1 Å². The van der Waals surface area contributed by atoms with Crippen molar-refractivity contribution in [1.82, 2.24) is 20.3 Å². The predicted octanol–water partition coefficient (Wildman–Crippen LogP) is 3.85. The van der Waals surface area contributed by atoms with Crippen molar-refractivity contribution in [2.45, 2.75) is 19.8 Å². The zero-order valence-electron chi connectivity index (χ0n) is 15.1. The number of hydrogen-bond acceptors (Lipinski definition) is 7. The number of halogens is 1. The maximum atomic E-state index is 12.4. The molecule has 0 saturated carbocycles. The van der Waals surface area contributed by atoms with Crippen LogP contribution in [0.15, 0.2) is 41.3 Å². The van der Waals surface area contributed by atoms with Gasteiger partial charge in [0.1, 0.15) is 0 Å². The Bertz CT molecular complexity index is 1140. The topological polar surface area (TPSA) is 137 Å². The molecule has 0 aliphatic rings. The second-order valence-electron chi connectivity index (χ2n) is 6.25. The molecule has 4 aromatic rings. The number of pyridine rings is 1. The van der Waals surface area contributed by atoms with Gasteiger partial charge in [-0.25, -0.2) is 0 Å². The van der Waals surface area contributed by atoms with Gasteiger partial charge in [-0.15, -0.1) is 12.4 Å². The lowest BCUT2D eigenvalue weighted by Crippen LogP contribution is -2.04. The smallest absolute Gasteiger partial charge is 0.180 e. The molecule has 0 saturated heterocycles. The van der Waals surface area contributed by atoms with E-state index < -0.39 is 0 Å². The van der Waals surface area contributed by atoms with Gasteiger partial charge < -0.3 is 16.0 Å². The van der Waals surface area contributed by atoms with Crippen molar-refractivity contribution in [3.05, 3.63) is 42.4 Å². The standard InChI is InChI=1S/C19H18N6O2.ClH/c1-2-3-15(26)12-6-10(4-5-14(12)20)17-16-18(27-25-19(16)21)13(9-22-17)11-7-23-24-8-11;/h4-9H,2-3,20H2,1H3,(H2,21,25)(H,23,24);1H. The number of H-pyrrole nitrogens is 1. The molecule has 3 aromatic heterocycles. The maximum absolute atomic E-state index is 12.4. The van der Waals surface area contributed by atoms with Gasteiger partial charge in [-0.05, 0) is 18.6 Å². The van der Waals surface area contributed by atoms with E-state index in [1.165, 1.54) is 0 Å². The number of nitrogens with one attached hydrogen (secondary N) is 1. The van der Waals surface area contributed by atoms with Gasteiger partial charge in [0, 0.05) is 46.8 Å². The molecule has 8 nitrogen and oxygen atoms in total. The van der Waals surface area contributed by atoms with E-state index in [1.807, 2.05) is 13.0 Å². The monoisotopic (exact) mass is 398 g/mol. The average Bonchev–Trinajstić information content (AvgIpc) is 3.32. The van der Waals surface area contributed by atoms with Gasteiger partial charge in [0.25, 0.3) is 0 Å². The molecule has 1 aromatic carbocycles. The first kappa shape index (κ1) is 19.4. The summed E-state index contributed by atoms with van der Waals surface area (Å²) in [5, 5.41) is 11.2. The summed E-state index contributed by atoms with van der Waals surface area (Å²) in [6, 6.07) is 5.27. The molecule has 0 amide bonds. The van der Waals surface area contributed by atoms with Crippen LogP contribution in [-0.2, 0) is 0 Å². The van der Waals surface area contributed by atoms with Crippen LogP contribution >= 0.6 is 12.4 Å². The molecule has 0 radical (unpaired) electrons. The van der Waals surface area contributed by atoms with Gasteiger partial charge >= 0.3 is 0 Å². The average molecular weight is 399 g/mol. The predicted molar refractivity (Wildman–Crippen MR) is 110 cm³/mol. The molecule has 4 rings (SSSR count). The first-order valence-electron chi connectivity index (χ1n) is 8.56. The minimum absolute atomic E-state index is 0. The Kier molecular flexibility index (Phi) is 5.32. The van der Waals surface area contributed by atoms with Crippen LogP contribution in [0.1, 0.15) is 30.1 Å². The molecule has 0 atom stereocenters. The lowest BCUT2D eigenvalue weighted by Gasteiger charge is -2.09. The van der Waals surface area contributed by atoms with Crippen LogP contribution in [0.4, 0.5) is 11.5 Å². The summed E-state index contributed by atoms with van der Waals surface area (Å²) in [5.74, 6) is 0.234. The molecule has 28 heavy (non-hydrogen) atoms. The third-order valence-corrected chi connectivity index (χ3v) is 4.44. The SMILES string of the molecule is CCCC(=O)c1cc(-c2ncc(-c3cn[nH]c3)c3onc(N)c23)ccc1N.Cl. The van der Waals surface area contributed by atoms with Crippen LogP contribution in [0.3, 0.4) is 0 Å². The van der Waals surface area contributed by atoms with Gasteiger partial charge in [0.05, 0.1) is 17.3 Å². The Hall–Kier alpha value is -3.39. The molecule has 0 fully saturated rings. The van der Waals surface area contributed by atoms with Crippen molar-refractivity contribution in [3.63, 3.8) is 0 Å². The first-order chi connectivity index (χ1) is 13.1. The number of Topliss-reactive ketones (excluding diaryl/α,β-unsaturated/α-hetero) is 1. The van der Waals surface area contributed by atoms with Crippen LogP contribution in [-0.4, -0.2) is 26.1 Å². The molecule has 0 aliphatic heterocycles. The van der Waals surface area contributed by atoms with E-state index in [4.69, 9.17) is 16.0 Å². The molecule has 144 valence electrons. The summed E-state index contributed by atoms with van der Waals surface area (Å²) in [6.07, 6.45) is 6.27. The molecule has 5 N–H and O–H groups in total. The number of aromatic nitrogens is 4. The quantitative estimate of drug-likeness (QED) is 0.343. The van der Waals surface area contributed by atoms with Crippen LogP contribution in [0, 0.1) is 0 Å². The molecule has 0 unspecified atom stereocenters. The van der Waals surface area contributed by atoms with Crippen LogP contribution < -0.4 is 11.5 Å². The summed E-state index contributed by atoms with van der Waals surface area (Å²) in [4.78, 5) is 16.9. The second kappa shape index (κ2) is 7.69. The number of nitrogen functional groups attached to an aromatic ring is 2. The summed E-state index contributed by atoms with van der Waals surface area (Å²) >= 11 is 0. The molecule has 9 heteroatoms. The normalized spacial score (nSPS) is 10.8. The highest BCUT2D eigenvalue weighted by Gasteiger charge is 2.20. The molecule has 3 heterocycles. The lowest BCUT2D eigenvalue weighted by atomic mass is 9.98. The van der Waals surface area contributed by atoms with Gasteiger partial charge in [0.15, 0.2) is 17.2 Å². The zero-order chi connectivity index (χ0) is 19.0.